The maximum absolute atomic E-state index is 13.7. The van der Waals surface area contributed by atoms with Crippen molar-refractivity contribution in [2.24, 2.45) is 0 Å². The highest BCUT2D eigenvalue weighted by molar-refractivity contribution is 5.68. The molecule has 0 amide bonds. The molecule has 0 aliphatic rings. The fourth-order valence-electron chi connectivity index (χ4n) is 1.77. The molecule has 0 aliphatic heterocycles. The summed E-state index contributed by atoms with van der Waals surface area (Å²) < 4.78 is 50.3. The molecule has 2 nitrogen and oxygen atoms in total. The van der Waals surface area contributed by atoms with Crippen molar-refractivity contribution in [1.82, 2.24) is 0 Å². The molecule has 2 aromatic carbocycles. The fraction of sp³-hybridized carbons (Fsp3) is 0.143. The highest BCUT2D eigenvalue weighted by Crippen LogP contribution is 2.33. The fourth-order valence-corrected chi connectivity index (χ4v) is 1.77. The van der Waals surface area contributed by atoms with Crippen molar-refractivity contribution >= 4 is 0 Å². The van der Waals surface area contributed by atoms with Crippen LogP contribution in [0.2, 0.25) is 0 Å². The van der Waals surface area contributed by atoms with Gasteiger partial charge in [0.25, 0.3) is 0 Å². The van der Waals surface area contributed by atoms with Crippen molar-refractivity contribution in [3.8, 4) is 22.6 Å². The second kappa shape index (κ2) is 5.22. The molecule has 100 valence electrons. The van der Waals surface area contributed by atoms with E-state index in [1.54, 1.807) is 6.07 Å². The Kier molecular flexibility index (Phi) is 3.64. The lowest BCUT2D eigenvalue weighted by Crippen LogP contribution is -1.94. The number of hydrogen-bond donors (Lipinski definition) is 0. The first-order valence-electron chi connectivity index (χ1n) is 5.43. The van der Waals surface area contributed by atoms with Crippen LogP contribution in [0, 0.1) is 17.5 Å². The summed E-state index contributed by atoms with van der Waals surface area (Å²) in [5.74, 6) is -2.15. The van der Waals surface area contributed by atoms with E-state index in [0.29, 0.717) is 23.6 Å². The topological polar surface area (TPSA) is 18.5 Å². The van der Waals surface area contributed by atoms with Crippen LogP contribution >= 0.6 is 0 Å². The Morgan fingerprint density at radius 3 is 1.63 bits per heavy atom. The summed E-state index contributed by atoms with van der Waals surface area (Å²) in [4.78, 5) is 0. The van der Waals surface area contributed by atoms with Crippen molar-refractivity contribution < 1.29 is 22.6 Å². The van der Waals surface area contributed by atoms with Gasteiger partial charge in [0, 0.05) is 18.2 Å². The Balaban J connectivity index is 2.64. The molecule has 0 bridgehead atoms. The number of benzene rings is 2. The van der Waals surface area contributed by atoms with Crippen LogP contribution in [-0.2, 0) is 0 Å². The van der Waals surface area contributed by atoms with E-state index in [0.717, 1.165) is 0 Å². The minimum atomic E-state index is -0.979. The molecule has 0 saturated carbocycles. The Morgan fingerprint density at radius 1 is 0.737 bits per heavy atom. The lowest BCUT2D eigenvalue weighted by atomic mass is 10.0. The van der Waals surface area contributed by atoms with E-state index < -0.39 is 17.5 Å². The molecule has 0 fully saturated rings. The summed E-state index contributed by atoms with van der Waals surface area (Å²) in [6.45, 7) is 0. The van der Waals surface area contributed by atoms with Gasteiger partial charge in [0.2, 0.25) is 0 Å². The number of hydrogen-bond acceptors (Lipinski definition) is 2. The third-order valence-electron chi connectivity index (χ3n) is 2.65. The summed E-state index contributed by atoms with van der Waals surface area (Å²) >= 11 is 0. The summed E-state index contributed by atoms with van der Waals surface area (Å²) in [6.07, 6.45) is 0. The Hall–Kier alpha value is -2.17. The van der Waals surface area contributed by atoms with Gasteiger partial charge in [0.1, 0.15) is 29.0 Å². The highest BCUT2D eigenvalue weighted by Gasteiger charge is 2.15. The molecule has 0 atom stereocenters. The standard InChI is InChI=1S/C14H11F3O2/c1-18-10-3-8(4-11(7-10)19-2)14-12(16)5-9(15)6-13(14)17/h3-7H,1-2H3. The number of methoxy groups -OCH3 is 2. The van der Waals surface area contributed by atoms with Gasteiger partial charge in [-0.1, -0.05) is 0 Å². The van der Waals surface area contributed by atoms with E-state index in [-0.39, 0.29) is 11.1 Å². The molecule has 5 heteroatoms. The Morgan fingerprint density at radius 2 is 1.21 bits per heavy atom. The number of halogens is 3. The van der Waals surface area contributed by atoms with Gasteiger partial charge in [-0.15, -0.1) is 0 Å². The summed E-state index contributed by atoms with van der Waals surface area (Å²) in [5.41, 5.74) is -0.107. The second-order valence-corrected chi connectivity index (χ2v) is 3.85. The predicted octanol–water partition coefficient (Wildman–Crippen LogP) is 3.79. The second-order valence-electron chi connectivity index (χ2n) is 3.85. The number of rotatable bonds is 3. The van der Waals surface area contributed by atoms with Crippen LogP contribution in [0.4, 0.5) is 13.2 Å². The SMILES string of the molecule is COc1cc(OC)cc(-c2c(F)cc(F)cc2F)c1. The van der Waals surface area contributed by atoms with E-state index in [9.17, 15) is 13.2 Å². The molecule has 0 N–H and O–H groups in total. The summed E-state index contributed by atoms with van der Waals surface area (Å²) in [5, 5.41) is 0. The molecule has 0 unspecified atom stereocenters. The first-order valence-corrected chi connectivity index (χ1v) is 5.43. The van der Waals surface area contributed by atoms with E-state index in [2.05, 4.69) is 0 Å². The summed E-state index contributed by atoms with van der Waals surface area (Å²) in [6, 6.07) is 5.72. The molecule has 2 aromatic rings. The molecular weight excluding hydrogens is 257 g/mol. The zero-order chi connectivity index (χ0) is 14.0. The first-order chi connectivity index (χ1) is 9.05. The molecule has 0 heterocycles. The smallest absolute Gasteiger partial charge is 0.136 e. The Bertz CT molecular complexity index is 566. The molecule has 0 saturated heterocycles. The van der Waals surface area contributed by atoms with Crippen molar-refractivity contribution in [2.45, 2.75) is 0 Å². The summed E-state index contributed by atoms with van der Waals surface area (Å²) in [7, 11) is 2.85. The third-order valence-corrected chi connectivity index (χ3v) is 2.65. The van der Waals surface area contributed by atoms with Gasteiger partial charge in [-0.2, -0.15) is 0 Å². The van der Waals surface area contributed by atoms with E-state index in [1.807, 2.05) is 0 Å². The maximum Gasteiger partial charge on any atom is 0.136 e. The van der Waals surface area contributed by atoms with Crippen molar-refractivity contribution in [1.29, 1.82) is 0 Å². The zero-order valence-electron chi connectivity index (χ0n) is 10.3. The van der Waals surface area contributed by atoms with Crippen LogP contribution in [0.25, 0.3) is 11.1 Å². The molecule has 2 rings (SSSR count). The minimum absolute atomic E-state index is 0.214. The van der Waals surface area contributed by atoms with Crippen molar-refractivity contribution in [2.75, 3.05) is 14.2 Å². The predicted molar refractivity (Wildman–Crippen MR) is 64.9 cm³/mol. The lowest BCUT2D eigenvalue weighted by Gasteiger charge is -2.10. The van der Waals surface area contributed by atoms with Crippen molar-refractivity contribution in [3.05, 3.63) is 47.8 Å². The van der Waals surface area contributed by atoms with Crippen LogP contribution in [-0.4, -0.2) is 14.2 Å². The monoisotopic (exact) mass is 268 g/mol. The van der Waals surface area contributed by atoms with Crippen LogP contribution in [0.15, 0.2) is 30.3 Å². The van der Waals surface area contributed by atoms with Crippen LogP contribution < -0.4 is 9.47 Å². The Labute approximate surface area is 108 Å². The average molecular weight is 268 g/mol. The lowest BCUT2D eigenvalue weighted by molar-refractivity contribution is 0.394. The molecule has 19 heavy (non-hydrogen) atoms. The van der Waals surface area contributed by atoms with Gasteiger partial charge in [0.15, 0.2) is 0 Å². The largest absolute Gasteiger partial charge is 0.497 e. The van der Waals surface area contributed by atoms with Crippen LogP contribution in [0.5, 0.6) is 11.5 Å². The normalized spacial score (nSPS) is 10.4. The minimum Gasteiger partial charge on any atom is -0.497 e. The van der Waals surface area contributed by atoms with Gasteiger partial charge in [0.05, 0.1) is 19.8 Å². The van der Waals surface area contributed by atoms with Crippen LogP contribution in [0.1, 0.15) is 0 Å². The van der Waals surface area contributed by atoms with Gasteiger partial charge >= 0.3 is 0 Å². The maximum atomic E-state index is 13.7. The van der Waals surface area contributed by atoms with Crippen LogP contribution in [0.3, 0.4) is 0 Å². The van der Waals surface area contributed by atoms with Crippen molar-refractivity contribution in [3.63, 3.8) is 0 Å². The van der Waals surface area contributed by atoms with E-state index in [1.165, 1.54) is 26.4 Å². The van der Waals surface area contributed by atoms with E-state index >= 15 is 0 Å². The first kappa shape index (κ1) is 13.3. The van der Waals surface area contributed by atoms with Gasteiger partial charge < -0.3 is 9.47 Å². The highest BCUT2D eigenvalue weighted by atomic mass is 19.1. The molecule has 0 aliphatic carbocycles. The molecule has 0 radical (unpaired) electrons. The quantitative estimate of drug-likeness (QED) is 0.843. The molecular formula is C14H11F3O2. The zero-order valence-corrected chi connectivity index (χ0v) is 10.3. The third kappa shape index (κ3) is 2.65. The van der Waals surface area contributed by atoms with E-state index in [4.69, 9.17) is 9.47 Å². The van der Waals surface area contributed by atoms with Gasteiger partial charge in [-0.05, 0) is 17.7 Å². The number of ether oxygens (including phenoxy) is 2. The molecule has 0 aromatic heterocycles. The van der Waals surface area contributed by atoms with Gasteiger partial charge in [-0.3, -0.25) is 0 Å². The average Bonchev–Trinajstić information content (AvgIpc) is 2.37. The van der Waals surface area contributed by atoms with Gasteiger partial charge in [-0.25, -0.2) is 13.2 Å². The molecule has 0 spiro atoms.